The van der Waals surface area contributed by atoms with E-state index in [0.717, 1.165) is 6.42 Å². The van der Waals surface area contributed by atoms with E-state index < -0.39 is 48.2 Å². The molecular formula is C18H25NO10. The van der Waals surface area contributed by atoms with Gasteiger partial charge in [-0.25, -0.2) is 4.79 Å². The van der Waals surface area contributed by atoms with Gasteiger partial charge in [0.05, 0.1) is 32.5 Å². The number of hydroxylamine groups is 2. The van der Waals surface area contributed by atoms with E-state index in [0.29, 0.717) is 6.42 Å². The molecule has 2 amide bonds. The molecule has 0 unspecified atom stereocenters. The highest BCUT2D eigenvalue weighted by Crippen LogP contribution is 2.15. The quantitative estimate of drug-likeness (QED) is 0.192. The Morgan fingerprint density at radius 1 is 0.931 bits per heavy atom. The summed E-state index contributed by atoms with van der Waals surface area (Å²) in [6, 6.07) is 0. The van der Waals surface area contributed by atoms with Crippen molar-refractivity contribution in [3.8, 4) is 0 Å². The van der Waals surface area contributed by atoms with Crippen LogP contribution < -0.4 is 0 Å². The van der Waals surface area contributed by atoms with E-state index >= 15 is 0 Å². The smallest absolute Gasteiger partial charge is 0.374 e. The number of unbranched alkanes of at least 4 members (excludes halogenated alkanes) is 1. The summed E-state index contributed by atoms with van der Waals surface area (Å²) in [5, 5.41) is 0.277. The van der Waals surface area contributed by atoms with Crippen molar-refractivity contribution in [2.24, 2.45) is 0 Å². The van der Waals surface area contributed by atoms with Crippen LogP contribution in [-0.2, 0) is 47.8 Å². The maximum absolute atomic E-state index is 12.2. The fraction of sp³-hybridized carbons (Fsp3) is 0.667. The Kier molecular flexibility index (Phi) is 10.3. The highest BCUT2D eigenvalue weighted by Gasteiger charge is 2.37. The van der Waals surface area contributed by atoms with E-state index in [4.69, 9.17) is 14.2 Å². The molecule has 0 spiro atoms. The van der Waals surface area contributed by atoms with Crippen LogP contribution in [-0.4, -0.2) is 60.1 Å². The Labute approximate surface area is 167 Å². The molecule has 1 fully saturated rings. The molecule has 0 radical (unpaired) electrons. The van der Waals surface area contributed by atoms with Gasteiger partial charge in [0.15, 0.2) is 0 Å². The van der Waals surface area contributed by atoms with Crippen LogP contribution >= 0.6 is 0 Å². The minimum Gasteiger partial charge on any atom is -0.466 e. The van der Waals surface area contributed by atoms with Gasteiger partial charge in [-0.05, 0) is 13.3 Å². The molecule has 0 saturated carbocycles. The third-order valence-corrected chi connectivity index (χ3v) is 3.68. The van der Waals surface area contributed by atoms with Crippen molar-refractivity contribution >= 4 is 35.7 Å². The van der Waals surface area contributed by atoms with Crippen LogP contribution in [0.25, 0.3) is 0 Å². The number of hydrogen-bond donors (Lipinski definition) is 0. The largest absolute Gasteiger partial charge is 0.466 e. The average Bonchev–Trinajstić information content (AvgIpc) is 2.98. The summed E-state index contributed by atoms with van der Waals surface area (Å²) in [5.41, 5.74) is 0. The SMILES string of the molecule is CCCCOC(=O)CCC(=O)O[C@@H](CC(=O)OCC)C(=O)ON1C(=O)CCC1=O. The Hall–Kier alpha value is -2.98. The lowest BCUT2D eigenvalue weighted by atomic mass is 10.2. The first-order chi connectivity index (χ1) is 13.8. The minimum atomic E-state index is -1.74. The molecular weight excluding hydrogens is 390 g/mol. The van der Waals surface area contributed by atoms with Crippen LogP contribution in [0.15, 0.2) is 0 Å². The second-order valence-electron chi connectivity index (χ2n) is 6.05. The van der Waals surface area contributed by atoms with Gasteiger partial charge in [-0.2, -0.15) is 0 Å². The van der Waals surface area contributed by atoms with Crippen molar-refractivity contribution < 1.29 is 47.8 Å². The Morgan fingerprint density at radius 2 is 1.55 bits per heavy atom. The van der Waals surface area contributed by atoms with Gasteiger partial charge < -0.3 is 19.0 Å². The second kappa shape index (κ2) is 12.5. The summed E-state index contributed by atoms with van der Waals surface area (Å²) in [5.74, 6) is -5.13. The van der Waals surface area contributed by atoms with Crippen LogP contribution in [0.5, 0.6) is 0 Å². The zero-order valence-corrected chi connectivity index (χ0v) is 16.5. The molecule has 1 heterocycles. The third kappa shape index (κ3) is 8.71. The zero-order valence-electron chi connectivity index (χ0n) is 16.5. The van der Waals surface area contributed by atoms with E-state index in [1.54, 1.807) is 6.92 Å². The van der Waals surface area contributed by atoms with Crippen LogP contribution in [0.3, 0.4) is 0 Å². The molecule has 29 heavy (non-hydrogen) atoms. The maximum atomic E-state index is 12.2. The van der Waals surface area contributed by atoms with Crippen molar-refractivity contribution in [2.75, 3.05) is 13.2 Å². The summed E-state index contributed by atoms with van der Waals surface area (Å²) < 4.78 is 14.5. The number of nitrogens with zero attached hydrogens (tertiary/aromatic N) is 1. The number of ether oxygens (including phenoxy) is 3. The first-order valence-corrected chi connectivity index (χ1v) is 9.36. The third-order valence-electron chi connectivity index (χ3n) is 3.68. The van der Waals surface area contributed by atoms with Crippen molar-refractivity contribution in [1.29, 1.82) is 0 Å². The summed E-state index contributed by atoms with van der Waals surface area (Å²) in [6.07, 6.45) is -1.77. The number of hydrogen-bond acceptors (Lipinski definition) is 10. The van der Waals surface area contributed by atoms with Crippen LogP contribution in [0.4, 0.5) is 0 Å². The Balaban J connectivity index is 2.63. The lowest BCUT2D eigenvalue weighted by Gasteiger charge is -2.19. The van der Waals surface area contributed by atoms with E-state index in [-0.39, 0.29) is 44.0 Å². The number of rotatable bonds is 12. The number of carbonyl (C=O) groups is 6. The molecule has 162 valence electrons. The molecule has 1 atom stereocenters. The Bertz CT molecular complexity index is 629. The fourth-order valence-electron chi connectivity index (χ4n) is 2.18. The summed E-state index contributed by atoms with van der Waals surface area (Å²) in [7, 11) is 0. The lowest BCUT2D eigenvalue weighted by Crippen LogP contribution is -2.39. The molecule has 1 rings (SSSR count). The molecule has 1 aliphatic rings. The summed E-state index contributed by atoms with van der Waals surface area (Å²) in [4.78, 5) is 75.2. The van der Waals surface area contributed by atoms with Crippen molar-refractivity contribution in [2.45, 2.75) is 64.9 Å². The molecule has 0 bridgehead atoms. The van der Waals surface area contributed by atoms with Gasteiger partial charge in [0, 0.05) is 12.8 Å². The first kappa shape index (κ1) is 24.1. The minimum absolute atomic E-state index is 0.0290. The summed E-state index contributed by atoms with van der Waals surface area (Å²) in [6.45, 7) is 3.74. The standard InChI is InChI=1S/C18H25NO10/c1-3-5-10-27-15(22)8-9-16(23)28-12(11-17(24)26-4-2)18(25)29-19-13(20)6-7-14(19)21/h12H,3-11H2,1-2H3/t12-/m0/s1. The van der Waals surface area contributed by atoms with E-state index in [1.807, 2.05) is 6.92 Å². The molecule has 1 aliphatic heterocycles. The van der Waals surface area contributed by atoms with Gasteiger partial charge in [-0.1, -0.05) is 13.3 Å². The van der Waals surface area contributed by atoms with Gasteiger partial charge in [0.1, 0.15) is 0 Å². The number of esters is 3. The monoisotopic (exact) mass is 415 g/mol. The van der Waals surface area contributed by atoms with Gasteiger partial charge in [-0.15, -0.1) is 5.06 Å². The van der Waals surface area contributed by atoms with Crippen LogP contribution in [0, 0.1) is 0 Å². The van der Waals surface area contributed by atoms with E-state index in [9.17, 15) is 28.8 Å². The molecule has 11 heteroatoms. The van der Waals surface area contributed by atoms with Crippen molar-refractivity contribution in [3.63, 3.8) is 0 Å². The molecule has 0 N–H and O–H groups in total. The van der Waals surface area contributed by atoms with Gasteiger partial charge in [0.2, 0.25) is 6.10 Å². The van der Waals surface area contributed by atoms with Crippen LogP contribution in [0.2, 0.25) is 0 Å². The number of imide groups is 1. The van der Waals surface area contributed by atoms with Gasteiger partial charge in [0.25, 0.3) is 11.8 Å². The molecule has 0 aliphatic carbocycles. The average molecular weight is 415 g/mol. The fourth-order valence-corrected chi connectivity index (χ4v) is 2.18. The first-order valence-electron chi connectivity index (χ1n) is 9.36. The number of carbonyl (C=O) groups excluding carboxylic acids is 6. The predicted octanol–water partition coefficient (Wildman–Crippen LogP) is 0.582. The lowest BCUT2D eigenvalue weighted by molar-refractivity contribution is -0.206. The zero-order chi connectivity index (χ0) is 21.8. The van der Waals surface area contributed by atoms with Crippen LogP contribution in [0.1, 0.15) is 58.8 Å². The highest BCUT2D eigenvalue weighted by molar-refractivity contribution is 6.02. The predicted molar refractivity (Wildman–Crippen MR) is 93.4 cm³/mol. The van der Waals surface area contributed by atoms with Crippen molar-refractivity contribution in [3.05, 3.63) is 0 Å². The van der Waals surface area contributed by atoms with Crippen molar-refractivity contribution in [1.82, 2.24) is 5.06 Å². The summed E-state index contributed by atoms with van der Waals surface area (Å²) >= 11 is 0. The maximum Gasteiger partial charge on any atom is 0.374 e. The molecule has 0 aromatic heterocycles. The van der Waals surface area contributed by atoms with E-state index in [2.05, 4.69) is 4.84 Å². The molecule has 0 aromatic rings. The topological polar surface area (TPSA) is 143 Å². The normalized spacial score (nSPS) is 14.3. The molecule has 1 saturated heterocycles. The highest BCUT2D eigenvalue weighted by atomic mass is 16.7. The van der Waals surface area contributed by atoms with Gasteiger partial charge >= 0.3 is 23.9 Å². The second-order valence-corrected chi connectivity index (χ2v) is 6.05. The van der Waals surface area contributed by atoms with Gasteiger partial charge in [-0.3, -0.25) is 24.0 Å². The number of amides is 2. The molecule has 11 nitrogen and oxygen atoms in total. The molecule has 0 aromatic carbocycles. The van der Waals surface area contributed by atoms with E-state index in [1.165, 1.54) is 0 Å². The Morgan fingerprint density at radius 3 is 2.14 bits per heavy atom.